The second-order valence-corrected chi connectivity index (χ2v) is 7.06. The van der Waals surface area contributed by atoms with Gasteiger partial charge in [0, 0.05) is 38.8 Å². The molecule has 0 aromatic heterocycles. The number of nitrogens with zero attached hydrogens (tertiary/aromatic N) is 2. The van der Waals surface area contributed by atoms with E-state index in [4.69, 9.17) is 10.5 Å². The molecule has 1 saturated heterocycles. The van der Waals surface area contributed by atoms with Crippen molar-refractivity contribution in [3.05, 3.63) is 0 Å². The number of methoxy groups -OCH3 is 1. The summed E-state index contributed by atoms with van der Waals surface area (Å²) in [6.07, 6.45) is 7.64. The van der Waals surface area contributed by atoms with Crippen LogP contribution in [0.2, 0.25) is 0 Å². The quantitative estimate of drug-likeness (QED) is 0.761. The minimum atomic E-state index is -0.787. The molecule has 3 fully saturated rings. The van der Waals surface area contributed by atoms with Crippen LogP contribution in [-0.4, -0.2) is 67.2 Å². The molecule has 0 spiro atoms. The lowest BCUT2D eigenvalue weighted by Crippen LogP contribution is -2.61. The second-order valence-electron chi connectivity index (χ2n) is 7.06. The molecule has 0 radical (unpaired) electrons. The van der Waals surface area contributed by atoms with Gasteiger partial charge in [-0.1, -0.05) is 12.8 Å². The molecule has 120 valence electrons. The molecule has 1 unspecified atom stereocenters. The number of esters is 1. The predicted molar refractivity (Wildman–Crippen MR) is 81.9 cm³/mol. The van der Waals surface area contributed by atoms with Gasteiger partial charge in [0.2, 0.25) is 0 Å². The van der Waals surface area contributed by atoms with Gasteiger partial charge in [-0.15, -0.1) is 0 Å². The standard InChI is InChI=1S/C16H29N3O2/c1-21-15(20)16(17,13-6-7-13)12-18-8-10-19(11-9-18)14-4-2-3-5-14/h13-14H,2-12,17H2,1H3. The highest BCUT2D eigenvalue weighted by Gasteiger charge is 2.50. The van der Waals surface area contributed by atoms with Gasteiger partial charge in [-0.25, -0.2) is 0 Å². The van der Waals surface area contributed by atoms with E-state index in [9.17, 15) is 4.79 Å². The number of hydrogen-bond donors (Lipinski definition) is 1. The average Bonchev–Trinajstić information content (AvgIpc) is 3.23. The monoisotopic (exact) mass is 295 g/mol. The second kappa shape index (κ2) is 6.23. The molecule has 2 N–H and O–H groups in total. The van der Waals surface area contributed by atoms with Gasteiger partial charge in [-0.3, -0.25) is 14.6 Å². The number of carbonyl (C=O) groups is 1. The van der Waals surface area contributed by atoms with Crippen molar-refractivity contribution >= 4 is 5.97 Å². The molecule has 0 aromatic carbocycles. The summed E-state index contributed by atoms with van der Waals surface area (Å²) < 4.78 is 4.96. The van der Waals surface area contributed by atoms with Crippen molar-refractivity contribution in [1.29, 1.82) is 0 Å². The van der Waals surface area contributed by atoms with E-state index in [0.29, 0.717) is 12.5 Å². The maximum Gasteiger partial charge on any atom is 0.327 e. The Bertz CT molecular complexity index is 372. The van der Waals surface area contributed by atoms with Gasteiger partial charge in [-0.2, -0.15) is 0 Å². The maximum absolute atomic E-state index is 12.1. The molecule has 3 rings (SSSR count). The Morgan fingerprint density at radius 1 is 1.14 bits per heavy atom. The Kier molecular flexibility index (Phi) is 4.52. The summed E-state index contributed by atoms with van der Waals surface area (Å²) in [5.41, 5.74) is 5.63. The third-order valence-corrected chi connectivity index (χ3v) is 5.60. The zero-order chi connectivity index (χ0) is 14.9. The van der Waals surface area contributed by atoms with Gasteiger partial charge in [0.25, 0.3) is 0 Å². The summed E-state index contributed by atoms with van der Waals surface area (Å²) in [5, 5.41) is 0. The minimum absolute atomic E-state index is 0.233. The Hall–Kier alpha value is -0.650. The van der Waals surface area contributed by atoms with Crippen LogP contribution in [0.5, 0.6) is 0 Å². The van der Waals surface area contributed by atoms with Gasteiger partial charge >= 0.3 is 5.97 Å². The van der Waals surface area contributed by atoms with Crippen LogP contribution in [0.4, 0.5) is 0 Å². The third-order valence-electron chi connectivity index (χ3n) is 5.60. The van der Waals surface area contributed by atoms with Crippen LogP contribution in [0.1, 0.15) is 38.5 Å². The first kappa shape index (κ1) is 15.3. The summed E-state index contributed by atoms with van der Waals surface area (Å²) in [5.74, 6) is 0.0843. The molecule has 3 aliphatic rings. The van der Waals surface area contributed by atoms with E-state index in [-0.39, 0.29) is 5.97 Å². The predicted octanol–water partition coefficient (Wildman–Crippen LogP) is 0.827. The van der Waals surface area contributed by atoms with Gasteiger partial charge in [0.15, 0.2) is 0 Å². The molecule has 2 aliphatic carbocycles. The van der Waals surface area contributed by atoms with Crippen LogP contribution in [-0.2, 0) is 9.53 Å². The van der Waals surface area contributed by atoms with Crippen molar-refractivity contribution in [2.75, 3.05) is 39.8 Å². The zero-order valence-corrected chi connectivity index (χ0v) is 13.2. The fourth-order valence-corrected chi connectivity index (χ4v) is 4.07. The Morgan fingerprint density at radius 2 is 1.76 bits per heavy atom. The lowest BCUT2D eigenvalue weighted by atomic mass is 9.93. The topological polar surface area (TPSA) is 58.8 Å². The number of hydrogen-bond acceptors (Lipinski definition) is 5. The van der Waals surface area contributed by atoms with Crippen LogP contribution in [0.15, 0.2) is 0 Å². The number of nitrogens with two attached hydrogens (primary N) is 1. The van der Waals surface area contributed by atoms with E-state index in [1.54, 1.807) is 0 Å². The molecule has 5 heteroatoms. The molecule has 21 heavy (non-hydrogen) atoms. The van der Waals surface area contributed by atoms with Crippen LogP contribution >= 0.6 is 0 Å². The molecule has 1 heterocycles. The first-order valence-electron chi connectivity index (χ1n) is 8.47. The number of piperazine rings is 1. The number of ether oxygens (including phenoxy) is 1. The van der Waals surface area contributed by atoms with Crippen molar-refractivity contribution in [3.8, 4) is 0 Å². The van der Waals surface area contributed by atoms with Gasteiger partial charge < -0.3 is 10.5 Å². The maximum atomic E-state index is 12.1. The first-order valence-corrected chi connectivity index (χ1v) is 8.47. The van der Waals surface area contributed by atoms with Crippen LogP contribution in [0.25, 0.3) is 0 Å². The lowest BCUT2D eigenvalue weighted by Gasteiger charge is -2.41. The number of rotatable bonds is 5. The van der Waals surface area contributed by atoms with E-state index in [2.05, 4.69) is 9.80 Å². The highest BCUT2D eigenvalue weighted by molar-refractivity contribution is 5.81. The van der Waals surface area contributed by atoms with Crippen LogP contribution in [0.3, 0.4) is 0 Å². The molecule has 0 aromatic rings. The fourth-order valence-electron chi connectivity index (χ4n) is 4.07. The summed E-state index contributed by atoms with van der Waals surface area (Å²) in [6.45, 7) is 4.94. The van der Waals surface area contributed by atoms with Gasteiger partial charge in [0.1, 0.15) is 5.54 Å². The van der Waals surface area contributed by atoms with Crippen LogP contribution in [0, 0.1) is 5.92 Å². The molecule has 1 atom stereocenters. The van der Waals surface area contributed by atoms with E-state index < -0.39 is 5.54 Å². The van der Waals surface area contributed by atoms with Crippen molar-refractivity contribution in [3.63, 3.8) is 0 Å². The highest BCUT2D eigenvalue weighted by Crippen LogP contribution is 2.39. The SMILES string of the molecule is COC(=O)C(N)(CN1CCN(C2CCCC2)CC1)C1CC1. The zero-order valence-electron chi connectivity index (χ0n) is 13.2. The van der Waals surface area contributed by atoms with E-state index >= 15 is 0 Å². The number of carbonyl (C=O) groups excluding carboxylic acids is 1. The first-order chi connectivity index (χ1) is 10.1. The lowest BCUT2D eigenvalue weighted by molar-refractivity contribution is -0.149. The van der Waals surface area contributed by atoms with E-state index in [1.165, 1.54) is 32.8 Å². The van der Waals surface area contributed by atoms with Gasteiger partial charge in [-0.05, 0) is 31.6 Å². The largest absolute Gasteiger partial charge is 0.468 e. The minimum Gasteiger partial charge on any atom is -0.468 e. The molecular formula is C16H29N3O2. The average molecular weight is 295 g/mol. The summed E-state index contributed by atoms with van der Waals surface area (Å²) in [7, 11) is 1.45. The van der Waals surface area contributed by atoms with Crippen LogP contribution < -0.4 is 5.73 Å². The molecule has 0 amide bonds. The van der Waals surface area contributed by atoms with Gasteiger partial charge in [0.05, 0.1) is 7.11 Å². The molecule has 0 bridgehead atoms. The summed E-state index contributed by atoms with van der Waals surface area (Å²) >= 11 is 0. The Balaban J connectivity index is 1.52. The fraction of sp³-hybridized carbons (Fsp3) is 0.938. The van der Waals surface area contributed by atoms with E-state index in [0.717, 1.165) is 45.1 Å². The third kappa shape index (κ3) is 3.25. The molecular weight excluding hydrogens is 266 g/mol. The van der Waals surface area contributed by atoms with Crippen molar-refractivity contribution in [2.45, 2.75) is 50.1 Å². The Morgan fingerprint density at radius 3 is 2.29 bits per heavy atom. The Labute approximate surface area is 127 Å². The smallest absolute Gasteiger partial charge is 0.327 e. The normalized spacial score (nSPS) is 28.5. The highest BCUT2D eigenvalue weighted by atomic mass is 16.5. The summed E-state index contributed by atoms with van der Waals surface area (Å²) in [4.78, 5) is 17.1. The van der Waals surface area contributed by atoms with Crippen molar-refractivity contribution in [1.82, 2.24) is 9.80 Å². The molecule has 1 aliphatic heterocycles. The molecule has 2 saturated carbocycles. The van der Waals surface area contributed by atoms with Crippen molar-refractivity contribution < 1.29 is 9.53 Å². The van der Waals surface area contributed by atoms with Crippen molar-refractivity contribution in [2.24, 2.45) is 11.7 Å². The summed E-state index contributed by atoms with van der Waals surface area (Å²) in [6, 6.07) is 0.804. The molecule has 5 nitrogen and oxygen atoms in total. The van der Waals surface area contributed by atoms with E-state index in [1.807, 2.05) is 0 Å².